The van der Waals surface area contributed by atoms with Crippen LogP contribution in [0.2, 0.25) is 0 Å². The van der Waals surface area contributed by atoms with Gasteiger partial charge in [-0.1, -0.05) is 0 Å². The van der Waals surface area contributed by atoms with E-state index in [1.807, 2.05) is 19.2 Å². The van der Waals surface area contributed by atoms with Crippen LogP contribution in [0, 0.1) is 13.8 Å². The zero-order chi connectivity index (χ0) is 16.1. The second kappa shape index (κ2) is 7.04. The minimum atomic E-state index is -0.708. The number of benzene rings is 1. The first-order valence-electron chi connectivity index (χ1n) is 6.64. The zero-order valence-electron chi connectivity index (χ0n) is 12.6. The van der Waals surface area contributed by atoms with Crippen LogP contribution in [-0.2, 0) is 16.1 Å². The van der Waals surface area contributed by atoms with Gasteiger partial charge in [-0.15, -0.1) is 11.3 Å². The molecule has 1 heterocycles. The first-order chi connectivity index (χ1) is 10.5. The molecule has 2 N–H and O–H groups in total. The summed E-state index contributed by atoms with van der Waals surface area (Å²) in [6, 6.07) is 5.20. The summed E-state index contributed by atoms with van der Waals surface area (Å²) in [4.78, 5) is 27.9. The molecule has 2 aromatic rings. The fourth-order valence-corrected chi connectivity index (χ4v) is 2.44. The second-order valence-electron chi connectivity index (χ2n) is 4.68. The number of thiazole rings is 1. The highest BCUT2D eigenvalue weighted by Crippen LogP contribution is 2.20. The summed E-state index contributed by atoms with van der Waals surface area (Å²) in [6.45, 7) is 3.95. The number of carbonyl (C=O) groups excluding carboxylic acids is 2. The third-order valence-corrected chi connectivity index (χ3v) is 3.81. The number of nitrogens with zero attached hydrogens (tertiary/aromatic N) is 1. The predicted octanol–water partition coefficient (Wildman–Crippen LogP) is 2.02. The topological polar surface area (TPSA) is 80.3 Å². The van der Waals surface area contributed by atoms with Gasteiger partial charge in [-0.2, -0.15) is 0 Å². The predicted molar refractivity (Wildman–Crippen MR) is 85.1 cm³/mol. The summed E-state index contributed by atoms with van der Waals surface area (Å²) < 4.78 is 5.09. The van der Waals surface area contributed by atoms with Crippen LogP contribution in [0.15, 0.2) is 23.6 Å². The minimum Gasteiger partial charge on any atom is -0.497 e. The molecule has 0 saturated carbocycles. The molecule has 0 fully saturated rings. The van der Waals surface area contributed by atoms with E-state index in [1.54, 1.807) is 25.3 Å². The summed E-state index contributed by atoms with van der Waals surface area (Å²) in [7, 11) is 1.57. The number of ether oxygens (including phenoxy) is 1. The lowest BCUT2D eigenvalue weighted by atomic mass is 10.2. The lowest BCUT2D eigenvalue weighted by Crippen LogP contribution is -2.35. The summed E-state index contributed by atoms with van der Waals surface area (Å²) >= 11 is 1.50. The maximum absolute atomic E-state index is 11.9. The second-order valence-corrected chi connectivity index (χ2v) is 5.74. The third kappa shape index (κ3) is 4.05. The van der Waals surface area contributed by atoms with Crippen molar-refractivity contribution in [2.75, 3.05) is 12.4 Å². The van der Waals surface area contributed by atoms with Crippen molar-refractivity contribution in [1.82, 2.24) is 10.3 Å². The van der Waals surface area contributed by atoms with Gasteiger partial charge in [-0.05, 0) is 37.6 Å². The Morgan fingerprint density at radius 3 is 2.64 bits per heavy atom. The number of aryl methyl sites for hydroxylation is 2. The van der Waals surface area contributed by atoms with Crippen molar-refractivity contribution in [2.45, 2.75) is 20.4 Å². The van der Waals surface area contributed by atoms with Gasteiger partial charge < -0.3 is 15.4 Å². The van der Waals surface area contributed by atoms with Crippen LogP contribution >= 0.6 is 11.3 Å². The van der Waals surface area contributed by atoms with Gasteiger partial charge in [0.25, 0.3) is 0 Å². The molecule has 0 radical (unpaired) electrons. The maximum atomic E-state index is 11.9. The monoisotopic (exact) mass is 319 g/mol. The van der Waals surface area contributed by atoms with Gasteiger partial charge in [0.15, 0.2) is 0 Å². The molecular formula is C15H17N3O3S. The standard InChI is InChI=1S/C15H17N3O3S/c1-9-6-12(21-3)4-5-13(9)18-15(20)14(19)16-7-11-8-22-10(2)17-11/h4-6,8H,7H2,1-3H3,(H,16,19)(H,18,20). The van der Waals surface area contributed by atoms with Gasteiger partial charge in [0, 0.05) is 11.1 Å². The molecule has 0 atom stereocenters. The third-order valence-electron chi connectivity index (χ3n) is 2.98. The average Bonchev–Trinajstić information content (AvgIpc) is 2.92. The summed E-state index contributed by atoms with van der Waals surface area (Å²) in [5.41, 5.74) is 2.13. The van der Waals surface area contributed by atoms with Gasteiger partial charge in [0.2, 0.25) is 0 Å². The first-order valence-corrected chi connectivity index (χ1v) is 7.52. The van der Waals surface area contributed by atoms with Crippen molar-refractivity contribution >= 4 is 28.8 Å². The number of rotatable bonds is 4. The Kier molecular flexibility index (Phi) is 5.11. The van der Waals surface area contributed by atoms with E-state index in [-0.39, 0.29) is 6.54 Å². The lowest BCUT2D eigenvalue weighted by molar-refractivity contribution is -0.136. The summed E-state index contributed by atoms with van der Waals surface area (Å²) in [5.74, 6) is -0.708. The number of amides is 2. The van der Waals surface area contributed by atoms with E-state index in [0.717, 1.165) is 16.3 Å². The number of nitrogens with one attached hydrogen (secondary N) is 2. The van der Waals surface area contributed by atoms with Crippen molar-refractivity contribution < 1.29 is 14.3 Å². The molecule has 2 rings (SSSR count). The van der Waals surface area contributed by atoms with Crippen molar-refractivity contribution in [3.63, 3.8) is 0 Å². The van der Waals surface area contributed by atoms with Crippen molar-refractivity contribution in [3.8, 4) is 5.75 Å². The molecule has 0 unspecified atom stereocenters. The zero-order valence-corrected chi connectivity index (χ0v) is 13.4. The maximum Gasteiger partial charge on any atom is 0.313 e. The van der Waals surface area contributed by atoms with Gasteiger partial charge in [0.1, 0.15) is 5.75 Å². The van der Waals surface area contributed by atoms with Crippen LogP contribution in [0.1, 0.15) is 16.3 Å². The van der Waals surface area contributed by atoms with Crippen LogP contribution < -0.4 is 15.4 Å². The molecule has 0 aliphatic rings. The molecule has 116 valence electrons. The van der Waals surface area contributed by atoms with E-state index in [0.29, 0.717) is 11.4 Å². The van der Waals surface area contributed by atoms with Crippen molar-refractivity contribution in [2.24, 2.45) is 0 Å². The first kappa shape index (κ1) is 16.0. The normalized spacial score (nSPS) is 10.1. The highest BCUT2D eigenvalue weighted by atomic mass is 32.1. The molecule has 0 aliphatic carbocycles. The van der Waals surface area contributed by atoms with Gasteiger partial charge in [0.05, 0.1) is 24.4 Å². The highest BCUT2D eigenvalue weighted by Gasteiger charge is 2.15. The Morgan fingerprint density at radius 2 is 2.05 bits per heavy atom. The van der Waals surface area contributed by atoms with Gasteiger partial charge >= 0.3 is 11.8 Å². The molecule has 22 heavy (non-hydrogen) atoms. The molecule has 1 aromatic carbocycles. The number of hydrogen-bond acceptors (Lipinski definition) is 5. The number of carbonyl (C=O) groups is 2. The van der Waals surface area contributed by atoms with E-state index in [1.165, 1.54) is 11.3 Å². The van der Waals surface area contributed by atoms with Gasteiger partial charge in [-0.3, -0.25) is 9.59 Å². The molecule has 6 nitrogen and oxygen atoms in total. The van der Waals surface area contributed by atoms with Gasteiger partial charge in [-0.25, -0.2) is 4.98 Å². The van der Waals surface area contributed by atoms with E-state index in [9.17, 15) is 9.59 Å². The highest BCUT2D eigenvalue weighted by molar-refractivity contribution is 7.09. The average molecular weight is 319 g/mol. The van der Waals surface area contributed by atoms with E-state index >= 15 is 0 Å². The molecule has 0 aliphatic heterocycles. The van der Waals surface area contributed by atoms with Crippen LogP contribution in [0.5, 0.6) is 5.75 Å². The summed E-state index contributed by atoms with van der Waals surface area (Å²) in [5, 5.41) is 7.89. The SMILES string of the molecule is COc1ccc(NC(=O)C(=O)NCc2csc(C)n2)c(C)c1. The Morgan fingerprint density at radius 1 is 1.27 bits per heavy atom. The molecule has 0 spiro atoms. The van der Waals surface area contributed by atoms with Crippen LogP contribution in [-0.4, -0.2) is 23.9 Å². The van der Waals surface area contributed by atoms with Crippen LogP contribution in [0.4, 0.5) is 5.69 Å². The molecular weight excluding hydrogens is 302 g/mol. The quantitative estimate of drug-likeness (QED) is 0.845. The number of hydrogen-bond donors (Lipinski definition) is 2. The molecule has 1 aromatic heterocycles. The number of aromatic nitrogens is 1. The van der Waals surface area contributed by atoms with E-state index in [4.69, 9.17) is 4.74 Å². The number of anilines is 1. The molecule has 0 bridgehead atoms. The van der Waals surface area contributed by atoms with Crippen LogP contribution in [0.25, 0.3) is 0 Å². The Hall–Kier alpha value is -2.41. The fraction of sp³-hybridized carbons (Fsp3) is 0.267. The molecule has 7 heteroatoms. The summed E-state index contributed by atoms with van der Waals surface area (Å²) in [6.07, 6.45) is 0. The fourth-order valence-electron chi connectivity index (χ4n) is 1.82. The van der Waals surface area contributed by atoms with Crippen molar-refractivity contribution in [3.05, 3.63) is 39.8 Å². The number of methoxy groups -OCH3 is 1. The van der Waals surface area contributed by atoms with Crippen LogP contribution in [0.3, 0.4) is 0 Å². The van der Waals surface area contributed by atoms with Crippen molar-refractivity contribution in [1.29, 1.82) is 0 Å². The Labute approximate surface area is 132 Å². The Bertz CT molecular complexity index is 697. The lowest BCUT2D eigenvalue weighted by Gasteiger charge is -2.09. The molecule has 0 saturated heterocycles. The smallest absolute Gasteiger partial charge is 0.313 e. The van der Waals surface area contributed by atoms with E-state index < -0.39 is 11.8 Å². The largest absolute Gasteiger partial charge is 0.497 e. The van der Waals surface area contributed by atoms with E-state index in [2.05, 4.69) is 15.6 Å². The minimum absolute atomic E-state index is 0.234. The molecule has 2 amide bonds. The Balaban J connectivity index is 1.92.